The Balaban J connectivity index is 2.62. The molecule has 3 radical (unpaired) electrons. The van der Waals surface area contributed by atoms with Crippen molar-refractivity contribution in [2.45, 2.75) is 13.0 Å². The summed E-state index contributed by atoms with van der Waals surface area (Å²) in [4.78, 5) is 0. The molecule has 1 N–H and O–H groups in total. The molecule has 0 aliphatic heterocycles. The number of rotatable bonds is 1. The maximum atomic E-state index is 9.43. The number of aliphatic hydroxyl groups is 1. The Morgan fingerprint density at radius 1 is 1.07 bits per heavy atom. The molecule has 0 fully saturated rings. The molecule has 2 aromatic carbocycles. The Morgan fingerprint density at radius 3 is 2.43 bits per heavy atom. The van der Waals surface area contributed by atoms with Crippen molar-refractivity contribution < 1.29 is 5.11 Å². The first kappa shape index (κ1) is 9.43. The lowest BCUT2D eigenvalue weighted by atomic mass is 10.0. The number of hydrogen-bond acceptors (Lipinski definition) is 1. The first-order valence-electron chi connectivity index (χ1n) is 4.60. The van der Waals surface area contributed by atoms with Crippen LogP contribution < -0.4 is 5.19 Å². The van der Waals surface area contributed by atoms with Crippen molar-refractivity contribution >= 4 is 26.2 Å². The summed E-state index contributed by atoms with van der Waals surface area (Å²) in [7, 11) is 3.48. The van der Waals surface area contributed by atoms with Crippen molar-refractivity contribution in [3.8, 4) is 0 Å². The van der Waals surface area contributed by atoms with E-state index in [9.17, 15) is 5.11 Å². The molecule has 2 heteroatoms. The number of hydrogen-bond donors (Lipinski definition) is 1. The Kier molecular flexibility index (Phi) is 2.40. The van der Waals surface area contributed by atoms with Crippen LogP contribution in [0.25, 0.3) is 10.8 Å². The SMILES string of the molecule is CC(O)c1ccc2cc([Si])ccc2c1. The van der Waals surface area contributed by atoms with Gasteiger partial charge in [0.25, 0.3) is 0 Å². The van der Waals surface area contributed by atoms with Crippen molar-refractivity contribution in [2.75, 3.05) is 0 Å². The molecule has 0 amide bonds. The van der Waals surface area contributed by atoms with Crippen LogP contribution in [0.1, 0.15) is 18.6 Å². The Labute approximate surface area is 86.8 Å². The Bertz CT molecular complexity index is 463. The summed E-state index contributed by atoms with van der Waals surface area (Å²) in [6, 6.07) is 12.1. The van der Waals surface area contributed by atoms with Crippen LogP contribution in [0.15, 0.2) is 36.4 Å². The maximum Gasteiger partial charge on any atom is 0.0762 e. The van der Waals surface area contributed by atoms with Crippen LogP contribution in [0.4, 0.5) is 0 Å². The van der Waals surface area contributed by atoms with Gasteiger partial charge in [0.15, 0.2) is 0 Å². The number of benzene rings is 2. The highest BCUT2D eigenvalue weighted by Gasteiger charge is 2.01. The molecule has 1 nitrogen and oxygen atoms in total. The van der Waals surface area contributed by atoms with E-state index in [1.54, 1.807) is 6.92 Å². The molecule has 0 aromatic heterocycles. The van der Waals surface area contributed by atoms with Gasteiger partial charge in [-0.2, -0.15) is 0 Å². The molecule has 0 heterocycles. The van der Waals surface area contributed by atoms with Gasteiger partial charge in [-0.3, -0.25) is 0 Å². The molecule has 1 atom stereocenters. The molecule has 0 bridgehead atoms. The van der Waals surface area contributed by atoms with Gasteiger partial charge >= 0.3 is 0 Å². The van der Waals surface area contributed by atoms with E-state index in [4.69, 9.17) is 0 Å². The molecular formula is C12H11OSi. The van der Waals surface area contributed by atoms with Crippen LogP contribution in [0.2, 0.25) is 0 Å². The van der Waals surface area contributed by atoms with E-state index in [0.717, 1.165) is 16.1 Å². The van der Waals surface area contributed by atoms with E-state index in [1.807, 2.05) is 30.3 Å². The molecule has 0 aliphatic carbocycles. The van der Waals surface area contributed by atoms with Crippen molar-refractivity contribution in [1.82, 2.24) is 0 Å². The van der Waals surface area contributed by atoms with Crippen LogP contribution in [-0.4, -0.2) is 15.3 Å². The predicted octanol–water partition coefficient (Wildman–Crippen LogP) is 1.69. The highest BCUT2D eigenvalue weighted by atomic mass is 28.1. The predicted molar refractivity (Wildman–Crippen MR) is 60.0 cm³/mol. The summed E-state index contributed by atoms with van der Waals surface area (Å²) in [5.74, 6) is 0. The summed E-state index contributed by atoms with van der Waals surface area (Å²) in [5.41, 5.74) is 0.958. The van der Waals surface area contributed by atoms with Gasteiger partial charge < -0.3 is 5.11 Å². The monoisotopic (exact) mass is 199 g/mol. The second kappa shape index (κ2) is 3.56. The average molecular weight is 199 g/mol. The number of fused-ring (bicyclic) bond motifs is 1. The minimum absolute atomic E-state index is 0.400. The maximum absolute atomic E-state index is 9.43. The van der Waals surface area contributed by atoms with Gasteiger partial charge in [0.2, 0.25) is 0 Å². The van der Waals surface area contributed by atoms with Crippen molar-refractivity contribution in [2.24, 2.45) is 0 Å². The second-order valence-corrected chi connectivity index (χ2v) is 4.07. The molecule has 1 unspecified atom stereocenters. The topological polar surface area (TPSA) is 20.2 Å². The molecule has 0 saturated carbocycles. The van der Waals surface area contributed by atoms with Crippen LogP contribution in [0.5, 0.6) is 0 Å². The van der Waals surface area contributed by atoms with Gasteiger partial charge in [-0.15, -0.1) is 0 Å². The van der Waals surface area contributed by atoms with E-state index < -0.39 is 6.10 Å². The van der Waals surface area contributed by atoms with Gasteiger partial charge in [0.1, 0.15) is 0 Å². The highest BCUT2D eigenvalue weighted by molar-refractivity contribution is 6.33. The van der Waals surface area contributed by atoms with E-state index >= 15 is 0 Å². The van der Waals surface area contributed by atoms with Crippen LogP contribution in [0, 0.1) is 0 Å². The van der Waals surface area contributed by atoms with Crippen LogP contribution in [0.3, 0.4) is 0 Å². The molecule has 2 aromatic rings. The summed E-state index contributed by atoms with van der Waals surface area (Å²) in [6.07, 6.45) is -0.400. The second-order valence-electron chi connectivity index (χ2n) is 3.50. The minimum Gasteiger partial charge on any atom is -0.389 e. The summed E-state index contributed by atoms with van der Waals surface area (Å²) in [5, 5.41) is 12.8. The first-order valence-corrected chi connectivity index (χ1v) is 5.10. The zero-order valence-corrected chi connectivity index (χ0v) is 8.99. The van der Waals surface area contributed by atoms with Gasteiger partial charge in [-0.05, 0) is 29.3 Å². The largest absolute Gasteiger partial charge is 0.389 e. The lowest BCUT2D eigenvalue weighted by Crippen LogP contribution is -2.00. The van der Waals surface area contributed by atoms with Crippen molar-refractivity contribution in [3.63, 3.8) is 0 Å². The fraction of sp³-hybridized carbons (Fsp3) is 0.167. The molecule has 0 aliphatic rings. The number of aliphatic hydroxyl groups excluding tert-OH is 1. The van der Waals surface area contributed by atoms with E-state index in [1.165, 1.54) is 5.39 Å². The summed E-state index contributed by atoms with van der Waals surface area (Å²) >= 11 is 0. The van der Waals surface area contributed by atoms with E-state index in [2.05, 4.69) is 16.3 Å². The van der Waals surface area contributed by atoms with Gasteiger partial charge in [-0.25, -0.2) is 0 Å². The Hall–Kier alpha value is -1.12. The quantitative estimate of drug-likeness (QED) is 0.693. The molecular weight excluding hydrogens is 188 g/mol. The average Bonchev–Trinajstić information content (AvgIpc) is 2.16. The fourth-order valence-corrected chi connectivity index (χ4v) is 1.76. The van der Waals surface area contributed by atoms with Crippen molar-refractivity contribution in [3.05, 3.63) is 42.0 Å². The third-order valence-corrected chi connectivity index (χ3v) is 2.66. The zero-order valence-electron chi connectivity index (χ0n) is 7.99. The normalized spacial score (nSPS) is 13.1. The van der Waals surface area contributed by atoms with Gasteiger partial charge in [-0.1, -0.05) is 35.5 Å². The van der Waals surface area contributed by atoms with Crippen molar-refractivity contribution in [1.29, 1.82) is 0 Å². The zero-order chi connectivity index (χ0) is 10.1. The standard InChI is InChI=1S/C12H11OSi/c1-8(13)9-2-3-11-7-12(14)5-4-10(11)6-9/h2-8,13H,1H3. The molecule has 14 heavy (non-hydrogen) atoms. The fourth-order valence-electron chi connectivity index (χ4n) is 1.52. The highest BCUT2D eigenvalue weighted by Crippen LogP contribution is 2.19. The lowest BCUT2D eigenvalue weighted by Gasteiger charge is -2.06. The third-order valence-electron chi connectivity index (χ3n) is 2.35. The molecule has 69 valence electrons. The van der Waals surface area contributed by atoms with E-state index in [0.29, 0.717) is 0 Å². The summed E-state index contributed by atoms with van der Waals surface area (Å²) in [6.45, 7) is 1.78. The summed E-state index contributed by atoms with van der Waals surface area (Å²) < 4.78 is 0. The van der Waals surface area contributed by atoms with Crippen LogP contribution >= 0.6 is 0 Å². The minimum atomic E-state index is -0.400. The molecule has 2 rings (SSSR count). The lowest BCUT2D eigenvalue weighted by molar-refractivity contribution is 0.199. The smallest absolute Gasteiger partial charge is 0.0762 e. The molecule has 0 saturated heterocycles. The van der Waals surface area contributed by atoms with Crippen LogP contribution in [-0.2, 0) is 0 Å². The van der Waals surface area contributed by atoms with Gasteiger partial charge in [0.05, 0.1) is 16.3 Å². The first-order chi connectivity index (χ1) is 6.66. The third kappa shape index (κ3) is 1.71. The van der Waals surface area contributed by atoms with E-state index in [-0.39, 0.29) is 0 Å². The molecule has 0 spiro atoms. The van der Waals surface area contributed by atoms with Gasteiger partial charge in [0, 0.05) is 0 Å². The Morgan fingerprint density at radius 2 is 1.71 bits per heavy atom.